The Morgan fingerprint density at radius 3 is 2.35 bits per heavy atom. The van der Waals surface area contributed by atoms with Crippen molar-refractivity contribution in [2.24, 2.45) is 17.8 Å². The van der Waals surface area contributed by atoms with Crippen LogP contribution in [-0.4, -0.2) is 19.5 Å². The second kappa shape index (κ2) is 9.07. The van der Waals surface area contributed by atoms with E-state index < -0.39 is 0 Å². The number of hydrogen-bond donors (Lipinski definition) is 0. The number of allylic oxidation sites excluding steroid dienone is 1. The second-order valence-electron chi connectivity index (χ2n) is 6.39. The monoisotopic (exact) mass is 300 g/mol. The fraction of sp³-hybridized carbons (Fsp3) is 0.882. The Balaban J connectivity index is 1.64. The van der Waals surface area contributed by atoms with E-state index in [0.717, 1.165) is 13.2 Å². The average molecular weight is 301 g/mol. The highest BCUT2D eigenvalue weighted by Gasteiger charge is 2.31. The molecule has 0 N–H and O–H groups in total. The minimum Gasteiger partial charge on any atom is -0.352 e. The van der Waals surface area contributed by atoms with E-state index in [1.165, 1.54) is 51.4 Å². The molecule has 0 radical (unpaired) electrons. The van der Waals surface area contributed by atoms with Crippen LogP contribution in [0.2, 0.25) is 0 Å². The summed E-state index contributed by atoms with van der Waals surface area (Å²) in [6.45, 7) is 4.05. The lowest BCUT2D eigenvalue weighted by molar-refractivity contribution is -0.229. The Labute approximate surface area is 128 Å². The highest BCUT2D eigenvalue weighted by Crippen LogP contribution is 2.34. The minimum absolute atomic E-state index is 0.0540. The predicted molar refractivity (Wildman–Crippen MR) is 83.8 cm³/mol. The van der Waals surface area contributed by atoms with Gasteiger partial charge in [0.05, 0.1) is 13.2 Å². The molecule has 0 spiro atoms. The Hall–Kier alpha value is -0.0500. The molecule has 0 bridgehead atoms. The normalized spacial score (nSPS) is 35.5. The topological polar surface area (TPSA) is 18.5 Å². The highest BCUT2D eigenvalue weighted by molar-refractivity contribution is 6.25. The van der Waals surface area contributed by atoms with Gasteiger partial charge in [-0.05, 0) is 38.0 Å². The number of ether oxygens (including phenoxy) is 2. The maximum atomic E-state index is 5.99. The van der Waals surface area contributed by atoms with E-state index in [4.69, 9.17) is 21.1 Å². The van der Waals surface area contributed by atoms with Crippen LogP contribution in [0.1, 0.15) is 58.3 Å². The molecule has 0 amide bonds. The third kappa shape index (κ3) is 5.05. The molecule has 1 aliphatic carbocycles. The summed E-state index contributed by atoms with van der Waals surface area (Å²) < 4.78 is 12.0. The highest BCUT2D eigenvalue weighted by atomic mass is 35.5. The first kappa shape index (κ1) is 16.3. The fourth-order valence-corrected chi connectivity index (χ4v) is 3.60. The zero-order chi connectivity index (χ0) is 14.2. The lowest BCUT2D eigenvalue weighted by Crippen LogP contribution is -2.38. The smallest absolute Gasteiger partial charge is 0.160 e. The Kier molecular flexibility index (Phi) is 7.40. The zero-order valence-corrected chi connectivity index (χ0v) is 13.5. The van der Waals surface area contributed by atoms with Gasteiger partial charge >= 0.3 is 0 Å². The lowest BCUT2D eigenvalue weighted by Gasteiger charge is -2.37. The molecule has 0 aromatic carbocycles. The standard InChI is InChI=1S/C17H29ClO2/c1-2-3-4-5-15-12-19-17(20-13-15)16-8-6-14(7-9-16)10-11-18/h10-11,14-17H,2-9,12-13H2,1H3/b11-10+/t14-,15-,16-,17-. The molecule has 2 rings (SSSR count). The summed E-state index contributed by atoms with van der Waals surface area (Å²) in [7, 11) is 0. The number of rotatable bonds is 6. The molecule has 0 aromatic rings. The predicted octanol–water partition coefficient (Wildman–Crippen LogP) is 5.11. The van der Waals surface area contributed by atoms with Crippen LogP contribution in [0.5, 0.6) is 0 Å². The molecule has 116 valence electrons. The van der Waals surface area contributed by atoms with E-state index in [9.17, 15) is 0 Å². The lowest BCUT2D eigenvalue weighted by atomic mass is 9.81. The van der Waals surface area contributed by atoms with Crippen molar-refractivity contribution in [3.05, 3.63) is 11.6 Å². The van der Waals surface area contributed by atoms with Gasteiger partial charge in [-0.15, -0.1) is 0 Å². The van der Waals surface area contributed by atoms with Gasteiger partial charge in [0.25, 0.3) is 0 Å². The van der Waals surface area contributed by atoms with Crippen molar-refractivity contribution in [2.45, 2.75) is 64.6 Å². The summed E-state index contributed by atoms with van der Waals surface area (Å²) in [6, 6.07) is 0. The largest absolute Gasteiger partial charge is 0.352 e. The van der Waals surface area contributed by atoms with Crippen LogP contribution in [0.25, 0.3) is 0 Å². The van der Waals surface area contributed by atoms with E-state index in [2.05, 4.69) is 13.0 Å². The minimum atomic E-state index is 0.0540. The van der Waals surface area contributed by atoms with Crippen molar-refractivity contribution >= 4 is 11.6 Å². The molecule has 1 saturated heterocycles. The van der Waals surface area contributed by atoms with Crippen molar-refractivity contribution in [1.82, 2.24) is 0 Å². The third-order valence-corrected chi connectivity index (χ3v) is 4.90. The van der Waals surface area contributed by atoms with Gasteiger partial charge < -0.3 is 9.47 Å². The first-order chi connectivity index (χ1) is 9.83. The molecular formula is C17H29ClO2. The van der Waals surface area contributed by atoms with Crippen molar-refractivity contribution in [3.8, 4) is 0 Å². The molecule has 1 saturated carbocycles. The van der Waals surface area contributed by atoms with Crippen LogP contribution in [0.4, 0.5) is 0 Å². The summed E-state index contributed by atoms with van der Waals surface area (Å²) in [4.78, 5) is 0. The van der Waals surface area contributed by atoms with Crippen LogP contribution in [0, 0.1) is 17.8 Å². The van der Waals surface area contributed by atoms with Crippen LogP contribution in [-0.2, 0) is 9.47 Å². The van der Waals surface area contributed by atoms with Gasteiger partial charge in [0.1, 0.15) is 0 Å². The van der Waals surface area contributed by atoms with Crippen molar-refractivity contribution in [1.29, 1.82) is 0 Å². The molecule has 0 atom stereocenters. The number of halogens is 1. The van der Waals surface area contributed by atoms with Crippen molar-refractivity contribution < 1.29 is 9.47 Å². The number of unbranched alkanes of at least 4 members (excludes halogenated alkanes) is 2. The van der Waals surface area contributed by atoms with Crippen LogP contribution < -0.4 is 0 Å². The molecule has 2 nitrogen and oxygen atoms in total. The van der Waals surface area contributed by atoms with Gasteiger partial charge in [0.2, 0.25) is 0 Å². The quantitative estimate of drug-likeness (QED) is 0.634. The number of hydrogen-bond acceptors (Lipinski definition) is 2. The molecule has 1 aliphatic heterocycles. The maximum Gasteiger partial charge on any atom is 0.160 e. The summed E-state index contributed by atoms with van der Waals surface area (Å²) in [5.74, 6) is 1.87. The van der Waals surface area contributed by atoms with Gasteiger partial charge in [-0.3, -0.25) is 0 Å². The van der Waals surface area contributed by atoms with Gasteiger partial charge in [-0.2, -0.15) is 0 Å². The van der Waals surface area contributed by atoms with Crippen LogP contribution >= 0.6 is 11.6 Å². The molecule has 2 fully saturated rings. The summed E-state index contributed by atoms with van der Waals surface area (Å²) >= 11 is 5.66. The summed E-state index contributed by atoms with van der Waals surface area (Å²) in [5, 5.41) is 0. The van der Waals surface area contributed by atoms with Crippen molar-refractivity contribution in [3.63, 3.8) is 0 Å². The molecule has 3 heteroatoms. The van der Waals surface area contributed by atoms with Crippen LogP contribution in [0.3, 0.4) is 0 Å². The SMILES string of the molecule is CCCCC[C@H]1CO[C@H]([C@H]2CC[C@H](/C=C/Cl)CC2)OC1. The van der Waals surface area contributed by atoms with Gasteiger partial charge in [0.15, 0.2) is 6.29 Å². The summed E-state index contributed by atoms with van der Waals surface area (Å²) in [6.07, 6.45) is 12.2. The van der Waals surface area contributed by atoms with Gasteiger partial charge in [-0.1, -0.05) is 43.9 Å². The second-order valence-corrected chi connectivity index (χ2v) is 6.64. The maximum absolute atomic E-state index is 5.99. The van der Waals surface area contributed by atoms with E-state index in [0.29, 0.717) is 17.8 Å². The third-order valence-electron chi connectivity index (χ3n) is 4.75. The van der Waals surface area contributed by atoms with E-state index in [1.54, 1.807) is 5.54 Å². The molecule has 0 aromatic heterocycles. The van der Waals surface area contributed by atoms with Crippen molar-refractivity contribution in [2.75, 3.05) is 13.2 Å². The summed E-state index contributed by atoms with van der Waals surface area (Å²) in [5.41, 5.74) is 1.67. The Bertz CT molecular complexity index is 277. The molecule has 1 heterocycles. The zero-order valence-electron chi connectivity index (χ0n) is 12.7. The molecule has 20 heavy (non-hydrogen) atoms. The molecule has 2 aliphatic rings. The van der Waals surface area contributed by atoms with E-state index in [-0.39, 0.29) is 6.29 Å². The van der Waals surface area contributed by atoms with Gasteiger partial charge in [0, 0.05) is 17.4 Å². The molecular weight excluding hydrogens is 272 g/mol. The average Bonchev–Trinajstić information content (AvgIpc) is 2.49. The van der Waals surface area contributed by atoms with E-state index in [1.807, 2.05) is 0 Å². The van der Waals surface area contributed by atoms with Gasteiger partial charge in [-0.25, -0.2) is 0 Å². The first-order valence-electron chi connectivity index (χ1n) is 8.33. The Morgan fingerprint density at radius 2 is 1.75 bits per heavy atom. The fourth-order valence-electron chi connectivity index (χ4n) is 3.39. The van der Waals surface area contributed by atoms with Crippen LogP contribution in [0.15, 0.2) is 11.6 Å². The first-order valence-corrected chi connectivity index (χ1v) is 8.77. The van der Waals surface area contributed by atoms with E-state index >= 15 is 0 Å². The molecule has 0 unspecified atom stereocenters. The Morgan fingerprint density at radius 1 is 1.05 bits per heavy atom.